The lowest BCUT2D eigenvalue weighted by molar-refractivity contribution is 0.0650. The van der Waals surface area contributed by atoms with Gasteiger partial charge in [0.1, 0.15) is 23.7 Å². The van der Waals surface area contributed by atoms with Gasteiger partial charge >= 0.3 is 0 Å². The van der Waals surface area contributed by atoms with E-state index in [-0.39, 0.29) is 36.5 Å². The maximum Gasteiger partial charge on any atom is 0.275 e. The molecule has 2 aromatic heterocycles. The van der Waals surface area contributed by atoms with Crippen molar-refractivity contribution in [2.75, 3.05) is 26.2 Å². The second kappa shape index (κ2) is 10.8. The van der Waals surface area contributed by atoms with E-state index in [1.54, 1.807) is 10.9 Å². The number of likely N-dealkylation sites (tertiary alicyclic amines) is 1. The molecule has 184 valence electrons. The molecule has 0 N–H and O–H groups in total. The first-order valence-corrected chi connectivity index (χ1v) is 12.3. The van der Waals surface area contributed by atoms with Crippen LogP contribution in [-0.4, -0.2) is 46.8 Å². The average molecular weight is 553 g/mol. The number of nitrogens with zero attached hydrogens (tertiary/aromatic N) is 3. The molecule has 1 saturated heterocycles. The van der Waals surface area contributed by atoms with Crippen molar-refractivity contribution < 1.29 is 9.47 Å². The van der Waals surface area contributed by atoms with Crippen molar-refractivity contribution in [2.45, 2.75) is 18.9 Å². The summed E-state index contributed by atoms with van der Waals surface area (Å²) in [5, 5.41) is 0.682. The molecule has 2 aliphatic rings. The maximum absolute atomic E-state index is 13.3. The van der Waals surface area contributed by atoms with E-state index in [1.165, 1.54) is 24.2 Å². The van der Waals surface area contributed by atoms with Gasteiger partial charge in [-0.05, 0) is 61.8 Å². The van der Waals surface area contributed by atoms with Crippen molar-refractivity contribution in [3.8, 4) is 27.6 Å². The Morgan fingerprint density at radius 3 is 2.57 bits per heavy atom. The van der Waals surface area contributed by atoms with Crippen molar-refractivity contribution >= 4 is 58.0 Å². The summed E-state index contributed by atoms with van der Waals surface area (Å²) in [4.78, 5) is 21.2. The fourth-order valence-electron chi connectivity index (χ4n) is 4.45. The van der Waals surface area contributed by atoms with E-state index in [4.69, 9.17) is 21.1 Å². The third kappa shape index (κ3) is 5.15. The Kier molecular flexibility index (Phi) is 7.93. The Morgan fingerprint density at radius 1 is 1.03 bits per heavy atom. The van der Waals surface area contributed by atoms with Crippen molar-refractivity contribution in [1.82, 2.24) is 14.5 Å². The van der Waals surface area contributed by atoms with E-state index in [1.807, 2.05) is 48.5 Å². The standard InChI is InChI=1S/C25H22ClN3O3S.2ClH/c26-17-5-3-16(4-6-17)23-12-20-24(33-23)25(30)29(15-27-20)18-7-8-21-22(11-18)31-14-19(32-21)13-28-9-1-2-10-28;;/h3-8,11-12,15,19H,1-2,9-10,13-14H2;2*1H/t19-;;/m0../s1. The molecule has 1 fully saturated rings. The van der Waals surface area contributed by atoms with Crippen LogP contribution in [0.2, 0.25) is 5.02 Å². The molecule has 0 saturated carbocycles. The molecule has 0 unspecified atom stereocenters. The number of ether oxygens (including phenoxy) is 2. The zero-order valence-electron chi connectivity index (χ0n) is 18.7. The molecule has 6 rings (SSSR count). The third-order valence-electron chi connectivity index (χ3n) is 6.15. The van der Waals surface area contributed by atoms with Crippen LogP contribution in [0.15, 0.2) is 59.7 Å². The first-order valence-electron chi connectivity index (χ1n) is 11.1. The fourth-order valence-corrected chi connectivity index (χ4v) is 5.62. The summed E-state index contributed by atoms with van der Waals surface area (Å²) in [7, 11) is 0. The number of thiophene rings is 1. The van der Waals surface area contributed by atoms with Gasteiger partial charge in [0, 0.05) is 22.5 Å². The Bertz CT molecular complexity index is 1380. The number of benzene rings is 2. The van der Waals surface area contributed by atoms with Crippen LogP contribution < -0.4 is 15.0 Å². The van der Waals surface area contributed by atoms with Crippen molar-refractivity contribution in [3.05, 3.63) is 70.2 Å². The van der Waals surface area contributed by atoms with E-state index < -0.39 is 0 Å². The van der Waals surface area contributed by atoms with Gasteiger partial charge in [-0.3, -0.25) is 14.3 Å². The molecule has 0 spiro atoms. The molecular formula is C25H24Cl3N3O3S. The molecule has 4 heterocycles. The minimum Gasteiger partial charge on any atom is -0.486 e. The summed E-state index contributed by atoms with van der Waals surface area (Å²) in [5.74, 6) is 1.38. The lowest BCUT2D eigenvalue weighted by Gasteiger charge is -2.29. The Hall–Kier alpha value is -2.29. The average Bonchev–Trinajstić information content (AvgIpc) is 3.50. The number of hydrogen-bond acceptors (Lipinski definition) is 6. The molecule has 35 heavy (non-hydrogen) atoms. The maximum atomic E-state index is 13.3. The van der Waals surface area contributed by atoms with Crippen molar-refractivity contribution in [2.24, 2.45) is 0 Å². The zero-order valence-corrected chi connectivity index (χ0v) is 21.9. The van der Waals surface area contributed by atoms with Gasteiger partial charge < -0.3 is 9.47 Å². The van der Waals surface area contributed by atoms with Gasteiger partial charge in [0.2, 0.25) is 0 Å². The van der Waals surface area contributed by atoms with Crippen molar-refractivity contribution in [3.63, 3.8) is 0 Å². The van der Waals surface area contributed by atoms with Gasteiger partial charge in [-0.15, -0.1) is 36.2 Å². The lowest BCUT2D eigenvalue weighted by Crippen LogP contribution is -2.39. The molecule has 1 atom stereocenters. The summed E-state index contributed by atoms with van der Waals surface area (Å²) in [6.45, 7) is 3.66. The van der Waals surface area contributed by atoms with Gasteiger partial charge in [-0.1, -0.05) is 23.7 Å². The van der Waals surface area contributed by atoms with E-state index in [9.17, 15) is 4.79 Å². The van der Waals surface area contributed by atoms with Crippen LogP contribution >= 0.6 is 47.8 Å². The van der Waals surface area contributed by atoms with Crippen LogP contribution in [0.5, 0.6) is 11.5 Å². The lowest BCUT2D eigenvalue weighted by atomic mass is 10.2. The van der Waals surface area contributed by atoms with E-state index in [2.05, 4.69) is 9.88 Å². The third-order valence-corrected chi connectivity index (χ3v) is 7.56. The predicted molar refractivity (Wildman–Crippen MR) is 146 cm³/mol. The van der Waals surface area contributed by atoms with E-state index >= 15 is 0 Å². The number of aromatic nitrogens is 2. The quantitative estimate of drug-likeness (QED) is 0.318. The molecule has 4 aromatic rings. The number of hydrogen-bond donors (Lipinski definition) is 0. The molecule has 10 heteroatoms. The molecule has 0 radical (unpaired) electrons. The summed E-state index contributed by atoms with van der Waals surface area (Å²) in [6.07, 6.45) is 4.11. The largest absolute Gasteiger partial charge is 0.486 e. The minimum atomic E-state index is -0.103. The Morgan fingerprint density at radius 2 is 1.80 bits per heavy atom. The SMILES string of the molecule is Cl.Cl.O=c1c2sc(-c3ccc(Cl)cc3)cc2ncn1-c1ccc2c(c1)OC[C@H](CN1CCCC1)O2. The first-order chi connectivity index (χ1) is 16.1. The molecular weight excluding hydrogens is 529 g/mol. The summed E-state index contributed by atoms with van der Waals surface area (Å²) < 4.78 is 14.4. The summed E-state index contributed by atoms with van der Waals surface area (Å²) in [6, 6.07) is 15.1. The van der Waals surface area contributed by atoms with Gasteiger partial charge in [0.25, 0.3) is 5.56 Å². The number of fused-ring (bicyclic) bond motifs is 2. The highest BCUT2D eigenvalue weighted by Crippen LogP contribution is 2.35. The monoisotopic (exact) mass is 551 g/mol. The summed E-state index contributed by atoms with van der Waals surface area (Å²) >= 11 is 7.44. The highest BCUT2D eigenvalue weighted by atomic mass is 35.5. The number of halogens is 3. The molecule has 2 aliphatic heterocycles. The van der Waals surface area contributed by atoms with Gasteiger partial charge in [-0.25, -0.2) is 4.98 Å². The fraction of sp³-hybridized carbons (Fsp3) is 0.280. The van der Waals surface area contributed by atoms with Crippen LogP contribution in [0.4, 0.5) is 0 Å². The molecule has 0 aliphatic carbocycles. The highest BCUT2D eigenvalue weighted by molar-refractivity contribution is 7.22. The molecule has 2 aromatic carbocycles. The van der Waals surface area contributed by atoms with Gasteiger partial charge in [-0.2, -0.15) is 0 Å². The predicted octanol–water partition coefficient (Wildman–Crippen LogP) is 5.85. The van der Waals surface area contributed by atoms with Crippen LogP contribution in [-0.2, 0) is 0 Å². The number of rotatable bonds is 4. The normalized spacial score (nSPS) is 17.1. The van der Waals surface area contributed by atoms with Crippen LogP contribution in [0.25, 0.3) is 26.3 Å². The Labute approximate surface area is 224 Å². The first kappa shape index (κ1) is 25.8. The van der Waals surface area contributed by atoms with Crippen LogP contribution in [0.3, 0.4) is 0 Å². The van der Waals surface area contributed by atoms with Crippen LogP contribution in [0, 0.1) is 0 Å². The Balaban J connectivity index is 0.00000144. The van der Waals surface area contributed by atoms with E-state index in [0.29, 0.717) is 33.3 Å². The zero-order chi connectivity index (χ0) is 22.4. The second-order valence-electron chi connectivity index (χ2n) is 8.44. The topological polar surface area (TPSA) is 56.6 Å². The molecule has 0 amide bonds. The highest BCUT2D eigenvalue weighted by Gasteiger charge is 2.25. The smallest absolute Gasteiger partial charge is 0.275 e. The second-order valence-corrected chi connectivity index (χ2v) is 9.93. The summed E-state index contributed by atoms with van der Waals surface area (Å²) in [5.41, 5.74) is 2.30. The molecule has 6 nitrogen and oxygen atoms in total. The molecule has 0 bridgehead atoms. The van der Waals surface area contributed by atoms with Crippen LogP contribution in [0.1, 0.15) is 12.8 Å². The van der Waals surface area contributed by atoms with Gasteiger partial charge in [0.05, 0.1) is 11.2 Å². The minimum absolute atomic E-state index is 0. The van der Waals surface area contributed by atoms with Crippen molar-refractivity contribution in [1.29, 1.82) is 0 Å². The van der Waals surface area contributed by atoms with E-state index in [0.717, 1.165) is 35.8 Å². The van der Waals surface area contributed by atoms with Gasteiger partial charge in [0.15, 0.2) is 11.5 Å².